The van der Waals surface area contributed by atoms with Crippen LogP contribution in [-0.2, 0) is 9.47 Å². The van der Waals surface area contributed by atoms with Crippen LogP contribution in [0.1, 0.15) is 20.8 Å². The molecule has 4 heteroatoms. The first-order chi connectivity index (χ1) is 7.01. The lowest BCUT2D eigenvalue weighted by atomic mass is 9.91. The maximum atomic E-state index is 9.17. The van der Waals surface area contributed by atoms with E-state index in [4.69, 9.17) is 19.7 Å². The first-order valence-corrected chi connectivity index (χ1v) is 5.46. The third kappa shape index (κ3) is 3.14. The second-order valence-electron chi connectivity index (χ2n) is 5.07. The SMILES string of the molecule is CC(CO)C1COC(C(C)(C)CO)OC1. The first-order valence-electron chi connectivity index (χ1n) is 5.46. The van der Waals surface area contributed by atoms with Gasteiger partial charge in [0, 0.05) is 17.9 Å². The molecule has 1 unspecified atom stereocenters. The Morgan fingerprint density at radius 2 is 1.80 bits per heavy atom. The van der Waals surface area contributed by atoms with Crippen molar-refractivity contribution >= 4 is 0 Å². The zero-order valence-electron chi connectivity index (χ0n) is 9.77. The van der Waals surface area contributed by atoms with Gasteiger partial charge >= 0.3 is 0 Å². The topological polar surface area (TPSA) is 58.9 Å². The minimum atomic E-state index is -0.368. The minimum Gasteiger partial charge on any atom is -0.396 e. The summed E-state index contributed by atoms with van der Waals surface area (Å²) in [6.07, 6.45) is -0.343. The van der Waals surface area contributed by atoms with Crippen LogP contribution in [0.15, 0.2) is 0 Å². The van der Waals surface area contributed by atoms with E-state index in [1.165, 1.54) is 0 Å². The highest BCUT2D eigenvalue weighted by Crippen LogP contribution is 2.29. The van der Waals surface area contributed by atoms with E-state index < -0.39 is 0 Å². The molecule has 2 N–H and O–H groups in total. The molecule has 90 valence electrons. The Hall–Kier alpha value is -0.160. The Balaban J connectivity index is 2.42. The van der Waals surface area contributed by atoms with Gasteiger partial charge in [-0.25, -0.2) is 0 Å². The second-order valence-corrected chi connectivity index (χ2v) is 5.07. The van der Waals surface area contributed by atoms with Crippen LogP contribution in [0, 0.1) is 17.3 Å². The van der Waals surface area contributed by atoms with E-state index in [2.05, 4.69) is 0 Å². The molecule has 0 saturated carbocycles. The predicted octanol–water partition coefficient (Wildman–Crippen LogP) is 0.622. The minimum absolute atomic E-state index is 0.0396. The second kappa shape index (κ2) is 5.25. The van der Waals surface area contributed by atoms with Gasteiger partial charge in [0.1, 0.15) is 0 Å². The van der Waals surface area contributed by atoms with Crippen LogP contribution < -0.4 is 0 Å². The summed E-state index contributed by atoms with van der Waals surface area (Å²) < 4.78 is 11.2. The third-order valence-electron chi connectivity index (χ3n) is 3.06. The van der Waals surface area contributed by atoms with Gasteiger partial charge < -0.3 is 19.7 Å². The van der Waals surface area contributed by atoms with Crippen LogP contribution in [0.4, 0.5) is 0 Å². The number of hydrogen-bond donors (Lipinski definition) is 2. The molecule has 1 heterocycles. The lowest BCUT2D eigenvalue weighted by molar-refractivity contribution is -0.257. The average molecular weight is 218 g/mol. The molecule has 15 heavy (non-hydrogen) atoms. The molecule has 1 rings (SSSR count). The maximum Gasteiger partial charge on any atom is 0.164 e. The van der Waals surface area contributed by atoms with Crippen LogP contribution >= 0.6 is 0 Å². The van der Waals surface area contributed by atoms with Crippen molar-refractivity contribution in [3.63, 3.8) is 0 Å². The van der Waals surface area contributed by atoms with E-state index in [0.717, 1.165) is 0 Å². The van der Waals surface area contributed by atoms with Gasteiger partial charge in [-0.15, -0.1) is 0 Å². The number of aliphatic hydroxyl groups excluding tert-OH is 2. The number of aliphatic hydroxyl groups is 2. The highest BCUT2D eigenvalue weighted by Gasteiger charge is 2.35. The van der Waals surface area contributed by atoms with Gasteiger partial charge in [-0.05, 0) is 5.92 Å². The van der Waals surface area contributed by atoms with E-state index in [9.17, 15) is 0 Å². The predicted molar refractivity (Wildman–Crippen MR) is 56.3 cm³/mol. The van der Waals surface area contributed by atoms with E-state index in [-0.39, 0.29) is 36.8 Å². The van der Waals surface area contributed by atoms with Crippen molar-refractivity contribution in [2.24, 2.45) is 17.3 Å². The Morgan fingerprint density at radius 3 is 2.20 bits per heavy atom. The van der Waals surface area contributed by atoms with Crippen molar-refractivity contribution in [2.45, 2.75) is 27.1 Å². The van der Waals surface area contributed by atoms with Crippen LogP contribution in [-0.4, -0.2) is 42.9 Å². The van der Waals surface area contributed by atoms with E-state index in [1.54, 1.807) is 0 Å². The molecule has 1 atom stereocenters. The molecule has 1 aliphatic heterocycles. The van der Waals surface area contributed by atoms with Gasteiger partial charge in [-0.2, -0.15) is 0 Å². The molecule has 0 aromatic heterocycles. The number of ether oxygens (including phenoxy) is 2. The quantitative estimate of drug-likeness (QED) is 0.726. The van der Waals surface area contributed by atoms with Crippen LogP contribution in [0.3, 0.4) is 0 Å². The normalized spacial score (nSPS) is 30.2. The molecule has 1 fully saturated rings. The molecule has 1 saturated heterocycles. The fourth-order valence-corrected chi connectivity index (χ4v) is 1.52. The van der Waals surface area contributed by atoms with Crippen molar-refractivity contribution in [1.29, 1.82) is 0 Å². The standard InChI is InChI=1S/C11H22O4/c1-8(4-12)9-5-14-10(15-6-9)11(2,3)7-13/h8-10,12-13H,4-7H2,1-3H3. The van der Waals surface area contributed by atoms with Crippen molar-refractivity contribution in [2.75, 3.05) is 26.4 Å². The Bertz CT molecular complexity index is 185. The summed E-state index contributed by atoms with van der Waals surface area (Å²) in [4.78, 5) is 0. The summed E-state index contributed by atoms with van der Waals surface area (Å²) in [5.74, 6) is 0.448. The first kappa shape index (κ1) is 12.9. The van der Waals surface area contributed by atoms with Crippen LogP contribution in [0.25, 0.3) is 0 Å². The van der Waals surface area contributed by atoms with Crippen molar-refractivity contribution in [1.82, 2.24) is 0 Å². The van der Waals surface area contributed by atoms with Gasteiger partial charge in [0.15, 0.2) is 6.29 Å². The van der Waals surface area contributed by atoms with Crippen molar-refractivity contribution in [3.8, 4) is 0 Å². The van der Waals surface area contributed by atoms with Crippen LogP contribution in [0.2, 0.25) is 0 Å². The lowest BCUT2D eigenvalue weighted by Crippen LogP contribution is -2.45. The van der Waals surface area contributed by atoms with E-state index in [0.29, 0.717) is 13.2 Å². The zero-order chi connectivity index (χ0) is 11.5. The number of hydrogen-bond acceptors (Lipinski definition) is 4. The maximum absolute atomic E-state index is 9.17. The molecular formula is C11H22O4. The highest BCUT2D eigenvalue weighted by molar-refractivity contribution is 4.77. The van der Waals surface area contributed by atoms with Gasteiger partial charge in [-0.1, -0.05) is 20.8 Å². The smallest absolute Gasteiger partial charge is 0.164 e. The molecule has 0 radical (unpaired) electrons. The lowest BCUT2D eigenvalue weighted by Gasteiger charge is -2.39. The molecule has 0 aliphatic carbocycles. The molecular weight excluding hydrogens is 196 g/mol. The van der Waals surface area contributed by atoms with Gasteiger partial charge in [0.05, 0.1) is 19.8 Å². The fraction of sp³-hybridized carbons (Fsp3) is 1.00. The van der Waals surface area contributed by atoms with Gasteiger partial charge in [0.25, 0.3) is 0 Å². The largest absolute Gasteiger partial charge is 0.396 e. The summed E-state index contributed by atoms with van der Waals surface area (Å²) in [6.45, 7) is 7.19. The highest BCUT2D eigenvalue weighted by atomic mass is 16.7. The van der Waals surface area contributed by atoms with Crippen molar-refractivity contribution < 1.29 is 19.7 Å². The molecule has 0 bridgehead atoms. The summed E-state index contributed by atoms with van der Waals surface area (Å²) in [6, 6.07) is 0. The summed E-state index contributed by atoms with van der Waals surface area (Å²) in [5.41, 5.74) is -0.368. The number of rotatable bonds is 4. The molecule has 0 aromatic rings. The van der Waals surface area contributed by atoms with Gasteiger partial charge in [-0.3, -0.25) is 0 Å². The summed E-state index contributed by atoms with van der Waals surface area (Å²) in [5, 5.41) is 18.2. The average Bonchev–Trinajstić information content (AvgIpc) is 2.28. The van der Waals surface area contributed by atoms with Crippen molar-refractivity contribution in [3.05, 3.63) is 0 Å². The third-order valence-corrected chi connectivity index (χ3v) is 3.06. The molecule has 4 nitrogen and oxygen atoms in total. The van der Waals surface area contributed by atoms with E-state index >= 15 is 0 Å². The Kier molecular flexibility index (Phi) is 4.52. The Labute approximate surface area is 91.2 Å². The molecule has 0 spiro atoms. The fourth-order valence-electron chi connectivity index (χ4n) is 1.52. The van der Waals surface area contributed by atoms with Crippen LogP contribution in [0.5, 0.6) is 0 Å². The Morgan fingerprint density at radius 1 is 1.27 bits per heavy atom. The molecule has 1 aliphatic rings. The zero-order valence-corrected chi connectivity index (χ0v) is 9.77. The summed E-state index contributed by atoms with van der Waals surface area (Å²) >= 11 is 0. The molecule has 0 amide bonds. The summed E-state index contributed by atoms with van der Waals surface area (Å²) in [7, 11) is 0. The van der Waals surface area contributed by atoms with E-state index in [1.807, 2.05) is 20.8 Å². The monoisotopic (exact) mass is 218 g/mol. The van der Waals surface area contributed by atoms with Gasteiger partial charge in [0.2, 0.25) is 0 Å². The molecule has 0 aromatic carbocycles.